The van der Waals surface area contributed by atoms with Crippen LogP contribution in [0.25, 0.3) is 16.5 Å². The van der Waals surface area contributed by atoms with Crippen molar-refractivity contribution in [1.82, 2.24) is 9.97 Å². The van der Waals surface area contributed by atoms with Crippen LogP contribution in [0.2, 0.25) is 0 Å². The summed E-state index contributed by atoms with van der Waals surface area (Å²) < 4.78 is 0. The van der Waals surface area contributed by atoms with Crippen LogP contribution in [0.4, 0.5) is 5.69 Å². The third-order valence-corrected chi connectivity index (χ3v) is 3.43. The maximum atomic E-state index is 9.98. The molecule has 3 N–H and O–H groups in total. The predicted octanol–water partition coefficient (Wildman–Crippen LogP) is 2.85. The van der Waals surface area contributed by atoms with Crippen molar-refractivity contribution in [2.45, 2.75) is 12.8 Å². The van der Waals surface area contributed by atoms with Crippen LogP contribution >= 0.6 is 11.3 Å². The van der Waals surface area contributed by atoms with Crippen molar-refractivity contribution in [3.05, 3.63) is 35.0 Å². The van der Waals surface area contributed by atoms with Crippen molar-refractivity contribution in [3.8, 4) is 10.7 Å². The van der Waals surface area contributed by atoms with Gasteiger partial charge in [0.2, 0.25) is 0 Å². The van der Waals surface area contributed by atoms with Crippen molar-refractivity contribution in [3.63, 3.8) is 0 Å². The van der Waals surface area contributed by atoms with Gasteiger partial charge in [-0.3, -0.25) is 0 Å². The second kappa shape index (κ2) is 3.85. The second-order valence-corrected chi connectivity index (χ2v) is 4.82. The van der Waals surface area contributed by atoms with Gasteiger partial charge in [0, 0.05) is 11.6 Å². The average molecular weight is 245 g/mol. The van der Waals surface area contributed by atoms with Crippen LogP contribution in [0.15, 0.2) is 29.3 Å². The molecule has 0 unspecified atom stereocenters. The summed E-state index contributed by atoms with van der Waals surface area (Å²) in [5, 5.41) is 12.7. The van der Waals surface area contributed by atoms with E-state index in [0.29, 0.717) is 11.4 Å². The highest BCUT2D eigenvalue weighted by Crippen LogP contribution is 2.36. The molecule has 0 spiro atoms. The number of aromatic nitrogens is 2. The third-order valence-electron chi connectivity index (χ3n) is 2.64. The number of pyridine rings is 1. The Hall–Kier alpha value is -1.88. The number of aliphatic hydroxyl groups excluding tert-OH is 1. The number of hydrogen-bond donors (Lipinski definition) is 2. The summed E-state index contributed by atoms with van der Waals surface area (Å²) in [5.41, 5.74) is 8.59. The van der Waals surface area contributed by atoms with E-state index >= 15 is 0 Å². The zero-order valence-electron chi connectivity index (χ0n) is 9.05. The van der Waals surface area contributed by atoms with Crippen LogP contribution in [0.5, 0.6) is 0 Å². The lowest BCUT2D eigenvalue weighted by Crippen LogP contribution is -1.98. The Bertz CT molecular complexity index is 584. The summed E-state index contributed by atoms with van der Waals surface area (Å²) in [5.74, 6) is 0.237. The lowest BCUT2D eigenvalue weighted by Gasteiger charge is -2.05. The molecular weight excluding hydrogens is 234 g/mol. The molecule has 0 aromatic carbocycles. The monoisotopic (exact) mass is 245 g/mol. The molecule has 4 nitrogen and oxygen atoms in total. The van der Waals surface area contributed by atoms with Crippen molar-refractivity contribution in [1.29, 1.82) is 0 Å². The molecule has 2 aromatic rings. The first kappa shape index (κ1) is 10.3. The molecule has 5 heteroatoms. The summed E-state index contributed by atoms with van der Waals surface area (Å²) in [6.07, 6.45) is 3.61. The van der Waals surface area contributed by atoms with Gasteiger partial charge in [0.1, 0.15) is 16.5 Å². The molecule has 1 aliphatic rings. The molecular formula is C12H11N3OS. The smallest absolute Gasteiger partial charge is 0.142 e. The van der Waals surface area contributed by atoms with Gasteiger partial charge in [-0.05, 0) is 30.5 Å². The van der Waals surface area contributed by atoms with Crippen molar-refractivity contribution >= 4 is 22.8 Å². The molecule has 1 fully saturated rings. The summed E-state index contributed by atoms with van der Waals surface area (Å²) in [7, 11) is 0. The van der Waals surface area contributed by atoms with Gasteiger partial charge < -0.3 is 10.8 Å². The van der Waals surface area contributed by atoms with Gasteiger partial charge in [0.05, 0.1) is 11.4 Å². The number of aliphatic hydroxyl groups is 1. The molecule has 0 atom stereocenters. The maximum absolute atomic E-state index is 9.98. The minimum Gasteiger partial charge on any atom is -0.506 e. The molecule has 2 heterocycles. The van der Waals surface area contributed by atoms with Crippen LogP contribution in [0.1, 0.15) is 18.5 Å². The lowest BCUT2D eigenvalue weighted by molar-refractivity contribution is 0.507. The van der Waals surface area contributed by atoms with Gasteiger partial charge in [0.25, 0.3) is 0 Å². The molecule has 0 aliphatic heterocycles. The third kappa shape index (κ3) is 1.89. The quantitative estimate of drug-likeness (QED) is 0.798. The zero-order valence-corrected chi connectivity index (χ0v) is 9.87. The van der Waals surface area contributed by atoms with Crippen LogP contribution in [-0.2, 0) is 0 Å². The van der Waals surface area contributed by atoms with Gasteiger partial charge in [0.15, 0.2) is 0 Å². The minimum absolute atomic E-state index is 0.237. The lowest BCUT2D eigenvalue weighted by atomic mass is 10.2. The highest BCUT2D eigenvalue weighted by atomic mass is 32.1. The number of nitrogens with two attached hydrogens (primary N) is 1. The Balaban J connectivity index is 2.10. The first-order valence-electron chi connectivity index (χ1n) is 5.33. The summed E-state index contributed by atoms with van der Waals surface area (Å²) >= 11 is 1.51. The number of rotatable bonds is 2. The Morgan fingerprint density at radius 1 is 1.35 bits per heavy atom. The standard InChI is InChI=1S/C12H11N3OS/c13-8-3-4-9(12-14-5-6-17-12)15-10(8)11(16)7-1-2-7/h3-6,16H,1-2,13H2. The van der Waals surface area contributed by atoms with E-state index in [0.717, 1.165) is 29.1 Å². The second-order valence-electron chi connectivity index (χ2n) is 3.92. The predicted molar refractivity (Wildman–Crippen MR) is 68.5 cm³/mol. The molecule has 86 valence electrons. The molecule has 0 amide bonds. The fourth-order valence-electron chi connectivity index (χ4n) is 1.60. The van der Waals surface area contributed by atoms with Crippen molar-refractivity contribution < 1.29 is 5.11 Å². The minimum atomic E-state index is 0.237. The van der Waals surface area contributed by atoms with Gasteiger partial charge in [-0.25, -0.2) is 9.97 Å². The molecule has 3 rings (SSSR count). The topological polar surface area (TPSA) is 72.0 Å². The molecule has 0 radical (unpaired) electrons. The Morgan fingerprint density at radius 3 is 2.82 bits per heavy atom. The Labute approximate surface area is 102 Å². The summed E-state index contributed by atoms with van der Waals surface area (Å²) in [4.78, 5) is 8.59. The molecule has 0 saturated heterocycles. The number of allylic oxidation sites excluding steroid dienone is 1. The van der Waals surface area contributed by atoms with E-state index in [-0.39, 0.29) is 5.76 Å². The first-order chi connectivity index (χ1) is 8.25. The fourth-order valence-corrected chi connectivity index (χ4v) is 2.20. The molecule has 2 aromatic heterocycles. The number of nitrogen functional groups attached to an aromatic ring is 1. The summed E-state index contributed by atoms with van der Waals surface area (Å²) in [6, 6.07) is 3.58. The zero-order chi connectivity index (χ0) is 11.8. The van der Waals surface area contributed by atoms with Gasteiger partial charge >= 0.3 is 0 Å². The largest absolute Gasteiger partial charge is 0.506 e. The SMILES string of the molecule is Nc1ccc(-c2nccs2)nc1C(O)=C1CC1. The van der Waals surface area contributed by atoms with E-state index in [1.54, 1.807) is 12.3 Å². The number of hydrogen-bond acceptors (Lipinski definition) is 5. The number of anilines is 1. The van der Waals surface area contributed by atoms with E-state index < -0.39 is 0 Å². The molecule has 17 heavy (non-hydrogen) atoms. The van der Waals surface area contributed by atoms with Crippen molar-refractivity contribution in [2.75, 3.05) is 5.73 Å². The molecule has 1 saturated carbocycles. The first-order valence-corrected chi connectivity index (χ1v) is 6.21. The van der Waals surface area contributed by atoms with E-state index in [1.165, 1.54) is 11.3 Å². The highest BCUT2D eigenvalue weighted by molar-refractivity contribution is 7.13. The van der Waals surface area contributed by atoms with Crippen molar-refractivity contribution in [2.24, 2.45) is 0 Å². The van der Waals surface area contributed by atoms with Gasteiger partial charge in [-0.2, -0.15) is 0 Å². The van der Waals surface area contributed by atoms with E-state index in [2.05, 4.69) is 9.97 Å². The van der Waals surface area contributed by atoms with Crippen LogP contribution < -0.4 is 5.73 Å². The van der Waals surface area contributed by atoms with Crippen LogP contribution in [-0.4, -0.2) is 15.1 Å². The van der Waals surface area contributed by atoms with Crippen LogP contribution in [0, 0.1) is 0 Å². The normalized spacial score (nSPS) is 13.8. The van der Waals surface area contributed by atoms with Gasteiger partial charge in [-0.1, -0.05) is 0 Å². The van der Waals surface area contributed by atoms with Gasteiger partial charge in [-0.15, -0.1) is 11.3 Å². The highest BCUT2D eigenvalue weighted by Gasteiger charge is 2.21. The average Bonchev–Trinajstić information content (AvgIpc) is 3.05. The van der Waals surface area contributed by atoms with E-state index in [1.807, 2.05) is 11.4 Å². The summed E-state index contributed by atoms with van der Waals surface area (Å²) in [6.45, 7) is 0. The number of thiazole rings is 1. The Kier molecular flexibility index (Phi) is 2.33. The van der Waals surface area contributed by atoms with E-state index in [9.17, 15) is 5.11 Å². The van der Waals surface area contributed by atoms with E-state index in [4.69, 9.17) is 5.73 Å². The molecule has 1 aliphatic carbocycles. The fraction of sp³-hybridized carbons (Fsp3) is 0.167. The molecule has 0 bridgehead atoms. The number of nitrogens with zero attached hydrogens (tertiary/aromatic N) is 2. The van der Waals surface area contributed by atoms with Crippen LogP contribution in [0.3, 0.4) is 0 Å². The maximum Gasteiger partial charge on any atom is 0.142 e. The Morgan fingerprint density at radius 2 is 2.18 bits per heavy atom.